The molecule has 3 aromatic rings. The molecule has 1 heterocycles. The molecular weight excluding hydrogens is 378 g/mol. The molecular formula is C29H31NO. The van der Waals surface area contributed by atoms with Crippen molar-refractivity contribution in [1.29, 1.82) is 0 Å². The molecule has 2 aromatic carbocycles. The summed E-state index contributed by atoms with van der Waals surface area (Å²) in [5, 5.41) is 1.21. The van der Waals surface area contributed by atoms with E-state index in [1.165, 1.54) is 60.6 Å². The van der Waals surface area contributed by atoms with Crippen molar-refractivity contribution in [1.82, 2.24) is 4.98 Å². The molecule has 1 aromatic heterocycles. The van der Waals surface area contributed by atoms with Gasteiger partial charge in [0.1, 0.15) is 0 Å². The van der Waals surface area contributed by atoms with Crippen molar-refractivity contribution in [3.8, 4) is 11.1 Å². The quantitative estimate of drug-likeness (QED) is 0.298. The first kappa shape index (κ1) is 20.2. The third-order valence-electron chi connectivity index (χ3n) is 7.18. The Labute approximate surface area is 185 Å². The number of rotatable bonds is 7. The molecule has 2 aliphatic carbocycles. The molecule has 2 saturated carbocycles. The molecule has 2 aliphatic rings. The number of Topliss-reactive ketones (excluding diaryl/α,β-unsaturated/α-hetero) is 1. The van der Waals surface area contributed by atoms with E-state index in [0.29, 0.717) is 5.78 Å². The largest absolute Gasteiger partial charge is 0.293 e. The fraction of sp³-hybridized carbons (Fsp3) is 0.379. The van der Waals surface area contributed by atoms with Gasteiger partial charge < -0.3 is 0 Å². The van der Waals surface area contributed by atoms with Crippen LogP contribution in [-0.2, 0) is 11.2 Å². The molecule has 0 N–H and O–H groups in total. The fourth-order valence-corrected chi connectivity index (χ4v) is 5.32. The summed E-state index contributed by atoms with van der Waals surface area (Å²) in [5.41, 5.74) is 6.59. The van der Waals surface area contributed by atoms with Crippen LogP contribution in [-0.4, -0.2) is 10.8 Å². The Morgan fingerprint density at radius 2 is 1.77 bits per heavy atom. The summed E-state index contributed by atoms with van der Waals surface area (Å²) < 4.78 is 0. The third kappa shape index (κ3) is 3.84. The summed E-state index contributed by atoms with van der Waals surface area (Å²) in [6.45, 7) is 2.25. The highest BCUT2D eigenvalue weighted by Crippen LogP contribution is 2.59. The second-order valence-electron chi connectivity index (χ2n) is 9.30. The Morgan fingerprint density at radius 1 is 0.968 bits per heavy atom. The molecule has 5 rings (SSSR count). The molecule has 0 atom stereocenters. The summed E-state index contributed by atoms with van der Waals surface area (Å²) in [5.74, 6) is 0.357. The molecule has 0 amide bonds. The lowest BCUT2D eigenvalue weighted by Gasteiger charge is -2.11. The number of aromatic nitrogens is 1. The highest BCUT2D eigenvalue weighted by atomic mass is 16.1. The number of nitrogens with zero attached hydrogens (tertiary/aromatic N) is 1. The summed E-state index contributed by atoms with van der Waals surface area (Å²) >= 11 is 0. The van der Waals surface area contributed by atoms with Crippen molar-refractivity contribution in [3.05, 3.63) is 71.4 Å². The highest BCUT2D eigenvalue weighted by Gasteiger charge is 2.60. The minimum Gasteiger partial charge on any atom is -0.293 e. The molecule has 31 heavy (non-hydrogen) atoms. The summed E-state index contributed by atoms with van der Waals surface area (Å²) in [7, 11) is 0. The van der Waals surface area contributed by atoms with Gasteiger partial charge in [-0.3, -0.25) is 4.79 Å². The Hall–Kier alpha value is -2.74. The van der Waals surface area contributed by atoms with Crippen molar-refractivity contribution in [2.75, 3.05) is 0 Å². The van der Waals surface area contributed by atoms with Crippen molar-refractivity contribution in [2.24, 2.45) is 5.41 Å². The molecule has 1 spiro atoms. The van der Waals surface area contributed by atoms with Crippen molar-refractivity contribution in [3.63, 3.8) is 0 Å². The number of carbonyl (C=O) groups excluding carboxylic acids is 1. The van der Waals surface area contributed by atoms with E-state index in [9.17, 15) is 4.79 Å². The van der Waals surface area contributed by atoms with Gasteiger partial charge in [0.25, 0.3) is 0 Å². The second-order valence-corrected chi connectivity index (χ2v) is 9.30. The maximum Gasteiger partial charge on any atom is 0.170 e. The first-order valence-electron chi connectivity index (χ1n) is 12.0. The number of hydrogen-bond donors (Lipinski definition) is 0. The van der Waals surface area contributed by atoms with E-state index in [-0.39, 0.29) is 5.41 Å². The van der Waals surface area contributed by atoms with Crippen LogP contribution in [0.15, 0.2) is 60.2 Å². The van der Waals surface area contributed by atoms with E-state index >= 15 is 0 Å². The summed E-state index contributed by atoms with van der Waals surface area (Å²) in [6.07, 6.45) is 12.7. The van der Waals surface area contributed by atoms with Gasteiger partial charge in [0.2, 0.25) is 0 Å². The molecule has 0 radical (unpaired) electrons. The van der Waals surface area contributed by atoms with Gasteiger partial charge in [-0.15, -0.1) is 0 Å². The van der Waals surface area contributed by atoms with Crippen LogP contribution in [0.25, 0.3) is 28.1 Å². The average Bonchev–Trinajstić information content (AvgIpc) is 3.14. The predicted octanol–water partition coefficient (Wildman–Crippen LogP) is 7.55. The van der Waals surface area contributed by atoms with Crippen LogP contribution in [0.2, 0.25) is 0 Å². The van der Waals surface area contributed by atoms with Crippen LogP contribution in [0.1, 0.15) is 69.5 Å². The smallest absolute Gasteiger partial charge is 0.170 e. The Morgan fingerprint density at radius 3 is 2.55 bits per heavy atom. The molecule has 0 saturated heterocycles. The lowest BCUT2D eigenvalue weighted by atomic mass is 9.96. The van der Waals surface area contributed by atoms with Gasteiger partial charge in [-0.25, -0.2) is 4.98 Å². The molecule has 2 fully saturated rings. The summed E-state index contributed by atoms with van der Waals surface area (Å²) in [4.78, 5) is 17.5. The van der Waals surface area contributed by atoms with Crippen LogP contribution in [0.3, 0.4) is 0 Å². The lowest BCUT2D eigenvalue weighted by molar-refractivity contribution is -0.112. The van der Waals surface area contributed by atoms with E-state index in [0.717, 1.165) is 36.0 Å². The van der Waals surface area contributed by atoms with Crippen molar-refractivity contribution >= 4 is 22.8 Å². The first-order valence-corrected chi connectivity index (χ1v) is 12.0. The zero-order chi connectivity index (χ0) is 21.3. The normalized spacial score (nSPS) is 18.4. The maximum atomic E-state index is 12.6. The Balaban J connectivity index is 1.54. The van der Waals surface area contributed by atoms with Crippen LogP contribution < -0.4 is 0 Å². The van der Waals surface area contributed by atoms with Gasteiger partial charge in [0, 0.05) is 11.0 Å². The fourth-order valence-electron chi connectivity index (χ4n) is 5.32. The number of pyridine rings is 1. The third-order valence-corrected chi connectivity index (χ3v) is 7.18. The van der Waals surface area contributed by atoms with Gasteiger partial charge in [-0.05, 0) is 66.6 Å². The minimum atomic E-state index is -0.133. The van der Waals surface area contributed by atoms with E-state index < -0.39 is 0 Å². The zero-order valence-corrected chi connectivity index (χ0v) is 18.5. The monoisotopic (exact) mass is 409 g/mol. The van der Waals surface area contributed by atoms with Crippen molar-refractivity contribution < 1.29 is 4.79 Å². The number of hydrogen-bond acceptors (Lipinski definition) is 2. The SMILES string of the molecule is CCCCCCc1ccc2nc(/C=C3\C(=O)C34CCCC4)cc(-c3ccccc3)c2c1. The van der Waals surface area contributed by atoms with E-state index in [1.54, 1.807) is 0 Å². The number of allylic oxidation sites excluding steroid dienone is 1. The first-order chi connectivity index (χ1) is 15.2. The van der Waals surface area contributed by atoms with Crippen LogP contribution >= 0.6 is 0 Å². The van der Waals surface area contributed by atoms with Crippen LogP contribution in [0.4, 0.5) is 0 Å². The number of ketones is 1. The number of fused-ring (bicyclic) bond motifs is 1. The zero-order valence-electron chi connectivity index (χ0n) is 18.5. The number of carbonyl (C=O) groups is 1. The number of unbranched alkanes of at least 4 members (excludes halogenated alkanes) is 3. The summed E-state index contributed by atoms with van der Waals surface area (Å²) in [6, 6.07) is 19.5. The van der Waals surface area contributed by atoms with Gasteiger partial charge >= 0.3 is 0 Å². The Bertz CT molecular complexity index is 1140. The Kier molecular flexibility index (Phi) is 5.48. The molecule has 0 bridgehead atoms. The second kappa shape index (κ2) is 8.42. The van der Waals surface area contributed by atoms with Gasteiger partial charge in [-0.2, -0.15) is 0 Å². The topological polar surface area (TPSA) is 30.0 Å². The van der Waals surface area contributed by atoms with Gasteiger partial charge in [0.15, 0.2) is 5.78 Å². The number of aryl methyl sites for hydroxylation is 1. The highest BCUT2D eigenvalue weighted by molar-refractivity contribution is 6.24. The van der Waals surface area contributed by atoms with Gasteiger partial charge in [0.05, 0.1) is 16.6 Å². The van der Waals surface area contributed by atoms with E-state index in [1.807, 2.05) is 0 Å². The molecule has 2 nitrogen and oxygen atoms in total. The van der Waals surface area contributed by atoms with E-state index in [4.69, 9.17) is 4.98 Å². The molecule has 2 heteroatoms. The molecule has 0 unspecified atom stereocenters. The van der Waals surface area contributed by atoms with E-state index in [2.05, 4.69) is 67.6 Å². The van der Waals surface area contributed by atoms with Crippen LogP contribution in [0.5, 0.6) is 0 Å². The average molecular weight is 410 g/mol. The number of benzene rings is 2. The lowest BCUT2D eigenvalue weighted by Crippen LogP contribution is -1.94. The molecule has 158 valence electrons. The van der Waals surface area contributed by atoms with Crippen molar-refractivity contribution in [2.45, 2.75) is 64.7 Å². The maximum absolute atomic E-state index is 12.6. The molecule has 0 aliphatic heterocycles. The van der Waals surface area contributed by atoms with Gasteiger partial charge in [-0.1, -0.05) is 75.4 Å². The standard InChI is InChI=1S/C29H31NO/c1-2-3-4-6-11-21-14-15-27-25(18-21)24(22-12-7-5-8-13-22)19-23(30-27)20-26-28(31)29(26)16-9-10-17-29/h5,7-8,12-15,18-20H,2-4,6,9-11,16-17H2,1H3/b26-20+. The minimum absolute atomic E-state index is 0.133. The predicted molar refractivity (Wildman–Crippen MR) is 129 cm³/mol. The van der Waals surface area contributed by atoms with Crippen LogP contribution in [0, 0.1) is 5.41 Å².